The third-order valence-corrected chi connectivity index (χ3v) is 4.29. The highest BCUT2D eigenvalue weighted by Gasteiger charge is 2.42. The van der Waals surface area contributed by atoms with Crippen LogP contribution in [0.3, 0.4) is 0 Å². The van der Waals surface area contributed by atoms with Crippen LogP contribution in [0.4, 0.5) is 5.69 Å². The Hall–Kier alpha value is -2.14. The van der Waals surface area contributed by atoms with E-state index in [2.05, 4.69) is 10.3 Å². The van der Waals surface area contributed by atoms with Crippen molar-refractivity contribution in [3.8, 4) is 0 Å². The van der Waals surface area contributed by atoms with E-state index in [1.807, 2.05) is 35.0 Å². The molecule has 0 spiro atoms. The van der Waals surface area contributed by atoms with Crippen LogP contribution in [-0.2, 0) is 11.3 Å². The first-order valence-corrected chi connectivity index (χ1v) is 7.28. The second kappa shape index (κ2) is 5.69. The van der Waals surface area contributed by atoms with Crippen molar-refractivity contribution >= 4 is 11.6 Å². The number of benzene rings is 1. The maximum atomic E-state index is 12.4. The summed E-state index contributed by atoms with van der Waals surface area (Å²) in [5.74, 6) is 0.0519. The Balaban J connectivity index is 1.70. The molecule has 1 aromatic carbocycles. The van der Waals surface area contributed by atoms with Crippen molar-refractivity contribution < 1.29 is 4.79 Å². The van der Waals surface area contributed by atoms with Gasteiger partial charge in [0.05, 0.1) is 11.7 Å². The molecule has 2 aromatic rings. The molecule has 5 nitrogen and oxygen atoms in total. The number of aromatic nitrogens is 2. The zero-order valence-corrected chi connectivity index (χ0v) is 12.0. The third-order valence-electron chi connectivity index (χ3n) is 4.29. The van der Waals surface area contributed by atoms with Gasteiger partial charge in [0.2, 0.25) is 5.91 Å². The van der Waals surface area contributed by atoms with Crippen molar-refractivity contribution in [2.24, 2.45) is 11.1 Å². The lowest BCUT2D eigenvalue weighted by Crippen LogP contribution is -2.47. The standard InChI is InChI=1S/C16H20N4O/c17-11-16(5-2-6-16)15(21)19-14-4-1-3-13(9-14)10-20-8-7-18-12-20/h1,3-4,7-9,12H,2,5-6,10-11,17H2,(H,19,21). The van der Waals surface area contributed by atoms with E-state index in [4.69, 9.17) is 5.73 Å². The Labute approximate surface area is 124 Å². The van der Waals surface area contributed by atoms with E-state index >= 15 is 0 Å². The number of amides is 1. The van der Waals surface area contributed by atoms with Crippen molar-refractivity contribution in [3.05, 3.63) is 48.5 Å². The summed E-state index contributed by atoms with van der Waals surface area (Å²) in [5, 5.41) is 3.01. The molecule has 1 aromatic heterocycles. The minimum atomic E-state index is -0.347. The van der Waals surface area contributed by atoms with Crippen LogP contribution in [0.2, 0.25) is 0 Å². The maximum Gasteiger partial charge on any atom is 0.231 e. The molecule has 1 saturated carbocycles. The molecular weight excluding hydrogens is 264 g/mol. The average Bonchev–Trinajstić information content (AvgIpc) is 2.91. The molecule has 3 N–H and O–H groups in total. The number of hydrogen-bond acceptors (Lipinski definition) is 3. The Morgan fingerprint density at radius 1 is 1.43 bits per heavy atom. The van der Waals surface area contributed by atoms with Gasteiger partial charge in [-0.3, -0.25) is 4.79 Å². The molecule has 0 saturated heterocycles. The normalized spacial score (nSPS) is 16.2. The van der Waals surface area contributed by atoms with Crippen LogP contribution < -0.4 is 11.1 Å². The zero-order valence-electron chi connectivity index (χ0n) is 12.0. The van der Waals surface area contributed by atoms with Crippen molar-refractivity contribution in [2.75, 3.05) is 11.9 Å². The summed E-state index contributed by atoms with van der Waals surface area (Å²) in [5.41, 5.74) is 7.38. The van der Waals surface area contributed by atoms with Crippen molar-refractivity contribution in [1.82, 2.24) is 9.55 Å². The van der Waals surface area contributed by atoms with E-state index in [1.54, 1.807) is 12.5 Å². The number of hydrogen-bond donors (Lipinski definition) is 2. The SMILES string of the molecule is NCC1(C(=O)Nc2cccc(Cn3ccnc3)c2)CCC1. The molecule has 1 heterocycles. The molecule has 3 rings (SSSR count). The molecule has 1 amide bonds. The molecule has 0 atom stereocenters. The summed E-state index contributed by atoms with van der Waals surface area (Å²) in [6, 6.07) is 7.91. The first kappa shape index (κ1) is 13.8. The first-order chi connectivity index (χ1) is 10.2. The van der Waals surface area contributed by atoms with Crippen LogP contribution in [0.25, 0.3) is 0 Å². The van der Waals surface area contributed by atoms with Gasteiger partial charge in [0.1, 0.15) is 0 Å². The zero-order chi connectivity index (χ0) is 14.7. The average molecular weight is 284 g/mol. The molecule has 5 heteroatoms. The van der Waals surface area contributed by atoms with E-state index in [-0.39, 0.29) is 11.3 Å². The fraction of sp³-hybridized carbons (Fsp3) is 0.375. The van der Waals surface area contributed by atoms with Gasteiger partial charge in [-0.15, -0.1) is 0 Å². The number of carbonyl (C=O) groups excluding carboxylic acids is 1. The van der Waals surface area contributed by atoms with E-state index in [1.165, 1.54) is 0 Å². The lowest BCUT2D eigenvalue weighted by atomic mass is 9.68. The summed E-state index contributed by atoms with van der Waals surface area (Å²) >= 11 is 0. The van der Waals surface area contributed by atoms with Gasteiger partial charge >= 0.3 is 0 Å². The van der Waals surface area contributed by atoms with Crippen LogP contribution in [0, 0.1) is 5.41 Å². The van der Waals surface area contributed by atoms with Crippen LogP contribution in [0.15, 0.2) is 43.0 Å². The number of nitrogens with two attached hydrogens (primary N) is 1. The highest BCUT2D eigenvalue weighted by molar-refractivity contribution is 5.96. The quantitative estimate of drug-likeness (QED) is 0.882. The molecule has 110 valence electrons. The van der Waals surface area contributed by atoms with Gasteiger partial charge in [-0.1, -0.05) is 18.6 Å². The van der Waals surface area contributed by atoms with Crippen LogP contribution in [0.5, 0.6) is 0 Å². The number of anilines is 1. The number of carbonyl (C=O) groups is 1. The first-order valence-electron chi connectivity index (χ1n) is 7.28. The third kappa shape index (κ3) is 2.83. The molecule has 0 radical (unpaired) electrons. The predicted octanol–water partition coefficient (Wildman–Crippen LogP) is 2.00. The minimum absolute atomic E-state index is 0.0519. The fourth-order valence-electron chi connectivity index (χ4n) is 2.73. The number of nitrogens with one attached hydrogen (secondary N) is 1. The van der Waals surface area contributed by atoms with Gasteiger partial charge in [0.15, 0.2) is 0 Å². The summed E-state index contributed by atoms with van der Waals surface area (Å²) in [6.07, 6.45) is 8.33. The number of rotatable bonds is 5. The molecule has 21 heavy (non-hydrogen) atoms. The van der Waals surface area contributed by atoms with Crippen LogP contribution in [-0.4, -0.2) is 22.0 Å². The summed E-state index contributed by atoms with van der Waals surface area (Å²) in [7, 11) is 0. The van der Waals surface area contributed by atoms with Gasteiger partial charge < -0.3 is 15.6 Å². The monoisotopic (exact) mass is 284 g/mol. The lowest BCUT2D eigenvalue weighted by Gasteiger charge is -2.39. The van der Waals surface area contributed by atoms with E-state index in [0.717, 1.165) is 37.1 Å². The van der Waals surface area contributed by atoms with Gasteiger partial charge in [0.25, 0.3) is 0 Å². The van der Waals surface area contributed by atoms with Crippen molar-refractivity contribution in [3.63, 3.8) is 0 Å². The van der Waals surface area contributed by atoms with Crippen molar-refractivity contribution in [1.29, 1.82) is 0 Å². The predicted molar refractivity (Wildman–Crippen MR) is 81.7 cm³/mol. The molecule has 1 aliphatic carbocycles. The highest BCUT2D eigenvalue weighted by atomic mass is 16.2. The molecule has 0 aliphatic heterocycles. The Morgan fingerprint density at radius 3 is 2.90 bits per heavy atom. The second-order valence-electron chi connectivity index (χ2n) is 5.73. The Bertz CT molecular complexity index is 611. The lowest BCUT2D eigenvalue weighted by molar-refractivity contribution is -0.129. The number of imidazole rings is 1. The topological polar surface area (TPSA) is 72.9 Å². The summed E-state index contributed by atoms with van der Waals surface area (Å²) in [4.78, 5) is 16.4. The highest BCUT2D eigenvalue weighted by Crippen LogP contribution is 2.40. The Morgan fingerprint density at radius 2 is 2.29 bits per heavy atom. The molecular formula is C16H20N4O. The van der Waals surface area contributed by atoms with E-state index < -0.39 is 0 Å². The van der Waals surface area contributed by atoms with Gasteiger partial charge in [0, 0.05) is 31.2 Å². The summed E-state index contributed by atoms with van der Waals surface area (Å²) < 4.78 is 1.99. The smallest absolute Gasteiger partial charge is 0.231 e. The molecule has 0 unspecified atom stereocenters. The fourth-order valence-corrected chi connectivity index (χ4v) is 2.73. The summed E-state index contributed by atoms with van der Waals surface area (Å²) in [6.45, 7) is 1.17. The molecule has 1 aliphatic rings. The van der Waals surface area contributed by atoms with Crippen LogP contribution in [0.1, 0.15) is 24.8 Å². The number of nitrogens with zero attached hydrogens (tertiary/aromatic N) is 2. The molecule has 0 bridgehead atoms. The van der Waals surface area contributed by atoms with E-state index in [9.17, 15) is 4.79 Å². The van der Waals surface area contributed by atoms with Crippen molar-refractivity contribution in [2.45, 2.75) is 25.8 Å². The molecule has 1 fully saturated rings. The van der Waals surface area contributed by atoms with Gasteiger partial charge in [-0.2, -0.15) is 0 Å². The minimum Gasteiger partial charge on any atom is -0.333 e. The second-order valence-corrected chi connectivity index (χ2v) is 5.73. The van der Waals surface area contributed by atoms with E-state index in [0.29, 0.717) is 6.54 Å². The van der Waals surface area contributed by atoms with Crippen LogP contribution >= 0.6 is 0 Å². The Kier molecular flexibility index (Phi) is 3.75. The van der Waals surface area contributed by atoms with Gasteiger partial charge in [-0.25, -0.2) is 4.98 Å². The van der Waals surface area contributed by atoms with Gasteiger partial charge in [-0.05, 0) is 30.5 Å². The maximum absolute atomic E-state index is 12.4. The largest absolute Gasteiger partial charge is 0.333 e.